The van der Waals surface area contributed by atoms with Gasteiger partial charge in [0.15, 0.2) is 0 Å². The first-order valence-electron chi connectivity index (χ1n) is 6.85. The van der Waals surface area contributed by atoms with Crippen LogP contribution in [0.1, 0.15) is 25.8 Å². The van der Waals surface area contributed by atoms with E-state index < -0.39 is 5.41 Å². The van der Waals surface area contributed by atoms with E-state index in [1.54, 1.807) is 0 Å². The molecule has 2 N–H and O–H groups in total. The number of amides is 1. The van der Waals surface area contributed by atoms with Gasteiger partial charge in [0.25, 0.3) is 0 Å². The van der Waals surface area contributed by atoms with Crippen molar-refractivity contribution in [3.8, 4) is 0 Å². The minimum absolute atomic E-state index is 0. The van der Waals surface area contributed by atoms with Gasteiger partial charge in [-0.15, -0.1) is 12.4 Å². The molecule has 0 bridgehead atoms. The van der Waals surface area contributed by atoms with E-state index in [4.69, 9.17) is 17.3 Å². The Morgan fingerprint density at radius 2 is 1.90 bits per heavy atom. The highest BCUT2D eigenvalue weighted by atomic mass is 35.5. The molecule has 112 valence electrons. The summed E-state index contributed by atoms with van der Waals surface area (Å²) in [5, 5.41) is 0.694. The molecule has 0 radical (unpaired) electrons. The topological polar surface area (TPSA) is 46.3 Å². The smallest absolute Gasteiger partial charge is 0.233 e. The third kappa shape index (κ3) is 2.80. The van der Waals surface area contributed by atoms with Gasteiger partial charge in [0.1, 0.15) is 0 Å². The van der Waals surface area contributed by atoms with E-state index in [0.29, 0.717) is 11.6 Å². The minimum Gasteiger partial charge on any atom is -0.342 e. The Bertz CT molecular complexity index is 459. The van der Waals surface area contributed by atoms with Crippen LogP contribution < -0.4 is 5.73 Å². The molecule has 1 aromatic rings. The maximum atomic E-state index is 12.8. The summed E-state index contributed by atoms with van der Waals surface area (Å²) >= 11 is 5.93. The van der Waals surface area contributed by atoms with E-state index in [9.17, 15) is 4.79 Å². The van der Waals surface area contributed by atoms with Gasteiger partial charge in [-0.05, 0) is 50.4 Å². The Morgan fingerprint density at radius 3 is 2.30 bits per heavy atom. The summed E-state index contributed by atoms with van der Waals surface area (Å²) in [6.07, 6.45) is 0.848. The Balaban J connectivity index is 0.00000200. The molecule has 2 unspecified atom stereocenters. The Hall–Kier alpha value is -0.770. The Kier molecular flexibility index (Phi) is 5.87. The van der Waals surface area contributed by atoms with Crippen molar-refractivity contribution in [3.63, 3.8) is 0 Å². The van der Waals surface area contributed by atoms with Gasteiger partial charge in [-0.1, -0.05) is 23.7 Å². The third-order valence-corrected chi connectivity index (χ3v) is 4.43. The molecule has 1 aromatic carbocycles. The van der Waals surface area contributed by atoms with Gasteiger partial charge in [0.05, 0.1) is 5.41 Å². The van der Waals surface area contributed by atoms with Crippen molar-refractivity contribution in [1.82, 2.24) is 4.90 Å². The zero-order valence-electron chi connectivity index (χ0n) is 11.9. The van der Waals surface area contributed by atoms with Crippen molar-refractivity contribution in [2.75, 3.05) is 19.6 Å². The maximum absolute atomic E-state index is 12.8. The van der Waals surface area contributed by atoms with Gasteiger partial charge in [-0.3, -0.25) is 4.79 Å². The lowest BCUT2D eigenvalue weighted by Gasteiger charge is -2.26. The number of benzene rings is 1. The van der Waals surface area contributed by atoms with Crippen molar-refractivity contribution in [2.24, 2.45) is 11.7 Å². The predicted molar refractivity (Wildman–Crippen MR) is 85.5 cm³/mol. The Morgan fingerprint density at radius 1 is 1.35 bits per heavy atom. The molecule has 0 heterocycles. The summed E-state index contributed by atoms with van der Waals surface area (Å²) in [7, 11) is 0. The summed E-state index contributed by atoms with van der Waals surface area (Å²) < 4.78 is 0. The molecule has 0 aliphatic heterocycles. The first kappa shape index (κ1) is 17.3. The van der Waals surface area contributed by atoms with Gasteiger partial charge in [0, 0.05) is 18.1 Å². The quantitative estimate of drug-likeness (QED) is 0.908. The number of hydrogen-bond acceptors (Lipinski definition) is 2. The van der Waals surface area contributed by atoms with E-state index >= 15 is 0 Å². The van der Waals surface area contributed by atoms with E-state index in [1.165, 1.54) is 0 Å². The van der Waals surface area contributed by atoms with Crippen molar-refractivity contribution >= 4 is 29.9 Å². The van der Waals surface area contributed by atoms with Crippen LogP contribution in [0.2, 0.25) is 5.02 Å². The number of hydrogen-bond donors (Lipinski definition) is 1. The SMILES string of the molecule is CCN(CC)C(=O)C1(c2ccc(Cl)cc2)CC1CN.Cl. The summed E-state index contributed by atoms with van der Waals surface area (Å²) in [5.74, 6) is 0.456. The molecule has 20 heavy (non-hydrogen) atoms. The van der Waals surface area contributed by atoms with Crippen LogP contribution in [-0.4, -0.2) is 30.4 Å². The highest BCUT2D eigenvalue weighted by Gasteiger charge is 2.61. The van der Waals surface area contributed by atoms with Crippen molar-refractivity contribution in [2.45, 2.75) is 25.7 Å². The largest absolute Gasteiger partial charge is 0.342 e. The summed E-state index contributed by atoms with van der Waals surface area (Å²) in [4.78, 5) is 14.7. The number of rotatable bonds is 5. The van der Waals surface area contributed by atoms with Crippen LogP contribution >= 0.6 is 24.0 Å². The second kappa shape index (κ2) is 6.79. The highest BCUT2D eigenvalue weighted by Crippen LogP contribution is 2.55. The molecule has 0 saturated heterocycles. The fraction of sp³-hybridized carbons (Fsp3) is 0.533. The first-order chi connectivity index (χ1) is 9.09. The molecule has 3 nitrogen and oxygen atoms in total. The lowest BCUT2D eigenvalue weighted by Crippen LogP contribution is -2.40. The van der Waals surface area contributed by atoms with Gasteiger partial charge in [0.2, 0.25) is 5.91 Å². The molecule has 0 spiro atoms. The molecule has 2 rings (SSSR count). The van der Waals surface area contributed by atoms with E-state index in [0.717, 1.165) is 25.1 Å². The first-order valence-corrected chi connectivity index (χ1v) is 7.23. The van der Waals surface area contributed by atoms with Gasteiger partial charge in [-0.25, -0.2) is 0 Å². The number of carbonyl (C=O) groups excluding carboxylic acids is 1. The van der Waals surface area contributed by atoms with Crippen LogP contribution in [0.4, 0.5) is 0 Å². The van der Waals surface area contributed by atoms with Gasteiger partial charge >= 0.3 is 0 Å². The van der Waals surface area contributed by atoms with Crippen LogP contribution in [0, 0.1) is 5.92 Å². The van der Waals surface area contributed by atoms with Crippen LogP contribution in [0.3, 0.4) is 0 Å². The molecular formula is C15H22Cl2N2O. The lowest BCUT2D eigenvalue weighted by atomic mass is 9.91. The standard InChI is InChI=1S/C15H21ClN2O.ClH/c1-3-18(4-2)14(19)15(9-12(15)10-17)11-5-7-13(16)8-6-11;/h5-8,12H,3-4,9-10,17H2,1-2H3;1H. The lowest BCUT2D eigenvalue weighted by molar-refractivity contribution is -0.134. The summed E-state index contributed by atoms with van der Waals surface area (Å²) in [6.45, 7) is 6.05. The number of nitrogens with zero attached hydrogens (tertiary/aromatic N) is 1. The highest BCUT2D eigenvalue weighted by molar-refractivity contribution is 6.30. The number of nitrogens with two attached hydrogens (primary N) is 1. The molecule has 5 heteroatoms. The van der Waals surface area contributed by atoms with Gasteiger partial charge in [-0.2, -0.15) is 0 Å². The van der Waals surface area contributed by atoms with Crippen LogP contribution in [0.25, 0.3) is 0 Å². The molecule has 1 saturated carbocycles. The summed E-state index contributed by atoms with van der Waals surface area (Å²) in [6, 6.07) is 7.61. The number of halogens is 2. The Labute approximate surface area is 131 Å². The fourth-order valence-electron chi connectivity index (χ4n) is 2.89. The zero-order valence-corrected chi connectivity index (χ0v) is 13.5. The molecule has 1 amide bonds. The minimum atomic E-state index is -0.411. The van der Waals surface area contributed by atoms with Crippen LogP contribution in [0.15, 0.2) is 24.3 Å². The van der Waals surface area contributed by atoms with Crippen LogP contribution in [-0.2, 0) is 10.2 Å². The molecule has 1 fully saturated rings. The monoisotopic (exact) mass is 316 g/mol. The molecule has 2 atom stereocenters. The third-order valence-electron chi connectivity index (χ3n) is 4.18. The molecule has 1 aliphatic rings. The van der Waals surface area contributed by atoms with Crippen molar-refractivity contribution < 1.29 is 4.79 Å². The fourth-order valence-corrected chi connectivity index (χ4v) is 3.02. The maximum Gasteiger partial charge on any atom is 0.233 e. The van der Waals surface area contributed by atoms with E-state index in [-0.39, 0.29) is 24.2 Å². The molecule has 1 aliphatic carbocycles. The zero-order chi connectivity index (χ0) is 14.0. The average molecular weight is 317 g/mol. The van der Waals surface area contributed by atoms with Crippen LogP contribution in [0.5, 0.6) is 0 Å². The van der Waals surface area contributed by atoms with E-state index in [2.05, 4.69) is 0 Å². The van der Waals surface area contributed by atoms with E-state index in [1.807, 2.05) is 43.0 Å². The second-order valence-electron chi connectivity index (χ2n) is 5.09. The normalized spacial score (nSPS) is 23.9. The summed E-state index contributed by atoms with van der Waals surface area (Å²) in [5.41, 5.74) is 6.43. The molecular weight excluding hydrogens is 295 g/mol. The van der Waals surface area contributed by atoms with Crippen molar-refractivity contribution in [1.29, 1.82) is 0 Å². The van der Waals surface area contributed by atoms with Crippen molar-refractivity contribution in [3.05, 3.63) is 34.9 Å². The second-order valence-corrected chi connectivity index (χ2v) is 5.53. The predicted octanol–water partition coefficient (Wildman–Crippen LogP) is 2.85. The number of carbonyl (C=O) groups is 1. The number of likely N-dealkylation sites (N-methyl/N-ethyl adjacent to an activating group) is 1. The van der Waals surface area contributed by atoms with Gasteiger partial charge < -0.3 is 10.6 Å². The molecule has 0 aromatic heterocycles. The average Bonchev–Trinajstić information content (AvgIpc) is 3.16.